The number of hydrogen-bond acceptors (Lipinski definition) is 5. The van der Waals surface area contributed by atoms with Crippen LogP contribution in [0.3, 0.4) is 0 Å². The number of nitrogens with zero attached hydrogens (tertiary/aromatic N) is 1. The predicted octanol–water partition coefficient (Wildman–Crippen LogP) is -0.221. The second-order valence-electron chi connectivity index (χ2n) is 5.79. The summed E-state index contributed by atoms with van der Waals surface area (Å²) in [5.74, 6) is -0.474. The van der Waals surface area contributed by atoms with E-state index in [4.69, 9.17) is 4.74 Å². The Bertz CT molecular complexity index is 456. The molecule has 0 aliphatic rings. The molecule has 0 saturated heterocycles. The third kappa shape index (κ3) is 10.3. The van der Waals surface area contributed by atoms with Gasteiger partial charge in [0.05, 0.1) is 12.7 Å². The summed E-state index contributed by atoms with van der Waals surface area (Å²) in [6.45, 7) is 2.76. The minimum atomic E-state index is -0.995. The molecule has 0 spiro atoms. The van der Waals surface area contributed by atoms with Gasteiger partial charge in [-0.3, -0.25) is 0 Å². The van der Waals surface area contributed by atoms with Gasteiger partial charge >= 0.3 is 29.6 Å². The van der Waals surface area contributed by atoms with Gasteiger partial charge in [0.1, 0.15) is 0 Å². The average Bonchev–Trinajstić information content (AvgIpc) is 2.54. The third-order valence-corrected chi connectivity index (χ3v) is 3.75. The molecule has 1 atom stereocenters. The molecule has 0 bridgehead atoms. The van der Waals surface area contributed by atoms with Gasteiger partial charge in [-0.2, -0.15) is 0 Å². The zero-order valence-electron chi connectivity index (χ0n) is 15.0. The van der Waals surface area contributed by atoms with E-state index in [0.717, 1.165) is 44.1 Å². The molecule has 0 amide bonds. The summed E-state index contributed by atoms with van der Waals surface area (Å²) in [6.07, 6.45) is 8.29. The van der Waals surface area contributed by atoms with Crippen LogP contribution in [-0.4, -0.2) is 22.7 Å². The van der Waals surface area contributed by atoms with Gasteiger partial charge in [0, 0.05) is 17.7 Å². The van der Waals surface area contributed by atoms with Crippen molar-refractivity contribution >= 4 is 5.97 Å². The van der Waals surface area contributed by atoms with Crippen molar-refractivity contribution in [2.45, 2.75) is 70.8 Å². The maximum Gasteiger partial charge on any atom is 1.00 e. The Balaban J connectivity index is 0.00000529. The largest absolute Gasteiger partial charge is 1.00 e. The SMILES string of the molecule is CCCCCOc1ncccc1C(O)CCCCCCC(=O)[O-].[Na+]. The first-order chi connectivity index (χ1) is 11.1. The minimum Gasteiger partial charge on any atom is -0.550 e. The molecule has 0 radical (unpaired) electrons. The van der Waals surface area contributed by atoms with Crippen molar-refractivity contribution in [3.05, 3.63) is 23.9 Å². The number of unbranched alkanes of at least 4 members (excludes halogenated alkanes) is 5. The van der Waals surface area contributed by atoms with Crippen molar-refractivity contribution in [1.82, 2.24) is 4.98 Å². The number of hydrogen-bond donors (Lipinski definition) is 1. The van der Waals surface area contributed by atoms with Crippen LogP contribution in [0.5, 0.6) is 5.88 Å². The van der Waals surface area contributed by atoms with Gasteiger partial charge in [0.2, 0.25) is 5.88 Å². The third-order valence-electron chi connectivity index (χ3n) is 3.75. The summed E-state index contributed by atoms with van der Waals surface area (Å²) < 4.78 is 5.69. The van der Waals surface area contributed by atoms with Crippen LogP contribution < -0.4 is 39.4 Å². The van der Waals surface area contributed by atoms with E-state index in [1.165, 1.54) is 0 Å². The Hall–Kier alpha value is -0.620. The van der Waals surface area contributed by atoms with E-state index < -0.39 is 12.1 Å². The van der Waals surface area contributed by atoms with Gasteiger partial charge in [-0.1, -0.05) is 39.0 Å². The number of carboxylic acids is 1. The molecular weight excluding hydrogens is 317 g/mol. The second-order valence-corrected chi connectivity index (χ2v) is 5.79. The van der Waals surface area contributed by atoms with E-state index in [9.17, 15) is 15.0 Å². The van der Waals surface area contributed by atoms with Crippen molar-refractivity contribution in [1.29, 1.82) is 0 Å². The molecule has 0 saturated carbocycles. The van der Waals surface area contributed by atoms with E-state index in [0.29, 0.717) is 25.3 Å². The first-order valence-electron chi connectivity index (χ1n) is 8.60. The fourth-order valence-corrected chi connectivity index (χ4v) is 2.41. The maximum atomic E-state index is 10.3. The number of aliphatic hydroxyl groups excluding tert-OH is 1. The average molecular weight is 345 g/mol. The normalized spacial score (nSPS) is 11.6. The predicted molar refractivity (Wildman–Crippen MR) is 86.9 cm³/mol. The van der Waals surface area contributed by atoms with E-state index in [1.54, 1.807) is 12.3 Å². The Morgan fingerprint density at radius 1 is 1.25 bits per heavy atom. The van der Waals surface area contributed by atoms with Crippen LogP contribution in [0.4, 0.5) is 0 Å². The van der Waals surface area contributed by atoms with Crippen molar-refractivity contribution in [2.24, 2.45) is 0 Å². The number of aliphatic carboxylic acids is 1. The van der Waals surface area contributed by atoms with Crippen LogP contribution in [0.1, 0.15) is 76.4 Å². The smallest absolute Gasteiger partial charge is 0.550 e. The number of carboxylic acid groups (broad SMARTS) is 1. The van der Waals surface area contributed by atoms with Gasteiger partial charge in [0.15, 0.2) is 0 Å². The van der Waals surface area contributed by atoms with Crippen LogP contribution in [0, 0.1) is 0 Å². The zero-order chi connectivity index (χ0) is 16.9. The minimum absolute atomic E-state index is 0. The monoisotopic (exact) mass is 345 g/mol. The molecule has 6 heteroatoms. The van der Waals surface area contributed by atoms with Gasteiger partial charge in [-0.05, 0) is 37.8 Å². The van der Waals surface area contributed by atoms with Gasteiger partial charge in [-0.25, -0.2) is 4.98 Å². The summed E-state index contributed by atoms with van der Waals surface area (Å²) in [7, 11) is 0. The number of carbonyl (C=O) groups is 1. The van der Waals surface area contributed by atoms with Gasteiger partial charge < -0.3 is 19.7 Å². The molecular formula is C18H28NNaO4. The summed E-state index contributed by atoms with van der Waals surface area (Å²) >= 11 is 0. The fourth-order valence-electron chi connectivity index (χ4n) is 2.41. The molecule has 24 heavy (non-hydrogen) atoms. The number of pyridine rings is 1. The molecule has 5 nitrogen and oxygen atoms in total. The standard InChI is InChI=1S/C18H29NO4.Na/c1-2-3-8-14-23-18-15(10-9-13-19-18)16(20)11-6-4-5-7-12-17(21)22;/h9-10,13,16,20H,2-8,11-12,14H2,1H3,(H,21,22);/q;+1/p-1. The molecule has 1 aromatic rings. The Morgan fingerprint density at radius 3 is 2.71 bits per heavy atom. The van der Waals surface area contributed by atoms with Crippen LogP contribution >= 0.6 is 0 Å². The van der Waals surface area contributed by atoms with Crippen molar-refractivity contribution < 1.29 is 49.3 Å². The molecule has 0 aliphatic heterocycles. The second kappa shape index (κ2) is 14.7. The van der Waals surface area contributed by atoms with Gasteiger partial charge in [0.25, 0.3) is 0 Å². The number of carbonyl (C=O) groups excluding carboxylic acids is 1. The molecule has 130 valence electrons. The summed E-state index contributed by atoms with van der Waals surface area (Å²) in [4.78, 5) is 14.5. The summed E-state index contributed by atoms with van der Waals surface area (Å²) in [6, 6.07) is 3.65. The number of aliphatic hydroxyl groups is 1. The zero-order valence-corrected chi connectivity index (χ0v) is 17.0. The van der Waals surface area contributed by atoms with E-state index >= 15 is 0 Å². The maximum absolute atomic E-state index is 10.3. The molecule has 1 N–H and O–H groups in total. The van der Waals surface area contributed by atoms with Crippen molar-refractivity contribution in [3.8, 4) is 5.88 Å². The van der Waals surface area contributed by atoms with E-state index in [-0.39, 0.29) is 36.0 Å². The topological polar surface area (TPSA) is 82.5 Å². The fraction of sp³-hybridized carbons (Fsp3) is 0.667. The number of ether oxygens (including phenoxy) is 1. The van der Waals surface area contributed by atoms with Crippen molar-refractivity contribution in [3.63, 3.8) is 0 Å². The van der Waals surface area contributed by atoms with Crippen LogP contribution in [0.25, 0.3) is 0 Å². The van der Waals surface area contributed by atoms with Crippen molar-refractivity contribution in [2.75, 3.05) is 6.61 Å². The summed E-state index contributed by atoms with van der Waals surface area (Å²) in [5.41, 5.74) is 0.735. The first-order valence-corrected chi connectivity index (χ1v) is 8.60. The molecule has 0 fully saturated rings. The molecule has 1 aromatic heterocycles. The van der Waals surface area contributed by atoms with E-state index in [2.05, 4.69) is 11.9 Å². The Morgan fingerprint density at radius 2 is 2.00 bits per heavy atom. The van der Waals surface area contributed by atoms with Gasteiger partial charge in [-0.15, -0.1) is 0 Å². The number of aromatic nitrogens is 1. The molecule has 1 unspecified atom stereocenters. The molecule has 0 aliphatic carbocycles. The number of rotatable bonds is 13. The van der Waals surface area contributed by atoms with E-state index in [1.807, 2.05) is 6.07 Å². The molecule has 0 aromatic carbocycles. The molecule has 1 heterocycles. The Kier molecular flexibility index (Phi) is 14.3. The quantitative estimate of drug-likeness (QED) is 0.395. The first kappa shape index (κ1) is 23.4. The molecule has 1 rings (SSSR count). The summed E-state index contributed by atoms with van der Waals surface area (Å²) in [5, 5.41) is 20.6. The van der Waals surface area contributed by atoms with Crippen LogP contribution in [0.15, 0.2) is 18.3 Å². The van der Waals surface area contributed by atoms with Crippen LogP contribution in [-0.2, 0) is 4.79 Å². The van der Waals surface area contributed by atoms with Crippen LogP contribution in [0.2, 0.25) is 0 Å². The Labute approximate surface area is 167 Å².